The Morgan fingerprint density at radius 3 is 2.53 bits per heavy atom. The van der Waals surface area contributed by atoms with Crippen molar-refractivity contribution >= 4 is 46.2 Å². The topological polar surface area (TPSA) is 81.1 Å². The third-order valence-electron chi connectivity index (χ3n) is 2.56. The summed E-state index contributed by atoms with van der Waals surface area (Å²) in [5.41, 5.74) is 13.0. The molecule has 0 radical (unpaired) electrons. The van der Waals surface area contributed by atoms with Crippen LogP contribution in [0.3, 0.4) is 0 Å². The summed E-state index contributed by atoms with van der Waals surface area (Å²) in [4.78, 5) is 11.1. The van der Waals surface area contributed by atoms with Crippen molar-refractivity contribution < 1.29 is 4.79 Å². The molecule has 2 rings (SSSR count). The number of amides is 1. The number of nitrogen functional groups attached to an aromatic ring is 1. The maximum Gasteiger partial charge on any atom is 0.248 e. The van der Waals surface area contributed by atoms with E-state index < -0.39 is 5.91 Å². The van der Waals surface area contributed by atoms with Crippen LogP contribution < -0.4 is 16.8 Å². The van der Waals surface area contributed by atoms with Gasteiger partial charge in [-0.15, -0.1) is 0 Å². The van der Waals surface area contributed by atoms with Gasteiger partial charge in [-0.3, -0.25) is 4.79 Å². The first-order chi connectivity index (χ1) is 8.99. The molecular formula is C13H11Cl2N3O. The molecule has 0 heterocycles. The molecule has 0 bridgehead atoms. The number of rotatable bonds is 3. The number of carbonyl (C=O) groups is 1. The zero-order chi connectivity index (χ0) is 14.0. The lowest BCUT2D eigenvalue weighted by molar-refractivity contribution is 0.100. The lowest BCUT2D eigenvalue weighted by atomic mass is 10.1. The summed E-state index contributed by atoms with van der Waals surface area (Å²) in [6, 6.07) is 9.91. The highest BCUT2D eigenvalue weighted by molar-refractivity contribution is 6.43. The van der Waals surface area contributed by atoms with E-state index in [-0.39, 0.29) is 0 Å². The number of nitrogens with one attached hydrogen (secondary N) is 1. The fraction of sp³-hybridized carbons (Fsp3) is 0. The van der Waals surface area contributed by atoms with Crippen LogP contribution in [0.5, 0.6) is 0 Å². The van der Waals surface area contributed by atoms with Gasteiger partial charge >= 0.3 is 0 Å². The zero-order valence-electron chi connectivity index (χ0n) is 9.78. The summed E-state index contributed by atoms with van der Waals surface area (Å²) < 4.78 is 0. The van der Waals surface area contributed by atoms with Crippen molar-refractivity contribution in [3.63, 3.8) is 0 Å². The average molecular weight is 296 g/mol. The Morgan fingerprint density at radius 2 is 1.84 bits per heavy atom. The van der Waals surface area contributed by atoms with E-state index in [1.807, 2.05) is 0 Å². The van der Waals surface area contributed by atoms with Crippen molar-refractivity contribution in [1.29, 1.82) is 0 Å². The summed E-state index contributed by atoms with van der Waals surface area (Å²) in [7, 11) is 0. The van der Waals surface area contributed by atoms with E-state index in [9.17, 15) is 4.79 Å². The van der Waals surface area contributed by atoms with Gasteiger partial charge in [0.15, 0.2) is 0 Å². The maximum atomic E-state index is 11.1. The molecule has 0 unspecified atom stereocenters. The molecule has 4 nitrogen and oxygen atoms in total. The predicted octanol–water partition coefficient (Wildman–Crippen LogP) is 3.42. The normalized spacial score (nSPS) is 10.2. The van der Waals surface area contributed by atoms with Gasteiger partial charge in [-0.25, -0.2) is 0 Å². The van der Waals surface area contributed by atoms with Gasteiger partial charge in [-0.05, 0) is 30.3 Å². The Bertz CT molecular complexity index is 644. The fourth-order valence-corrected chi connectivity index (χ4v) is 1.91. The number of halogens is 2. The van der Waals surface area contributed by atoms with Crippen LogP contribution in [0.1, 0.15) is 10.4 Å². The number of hydrogen-bond donors (Lipinski definition) is 3. The van der Waals surface area contributed by atoms with Crippen molar-refractivity contribution in [1.82, 2.24) is 0 Å². The average Bonchev–Trinajstić information content (AvgIpc) is 2.37. The lowest BCUT2D eigenvalue weighted by Crippen LogP contribution is -2.11. The molecule has 0 fully saturated rings. The third kappa shape index (κ3) is 2.92. The Labute approximate surface area is 120 Å². The Morgan fingerprint density at radius 1 is 1.11 bits per heavy atom. The van der Waals surface area contributed by atoms with Gasteiger partial charge in [-0.2, -0.15) is 0 Å². The monoisotopic (exact) mass is 295 g/mol. The molecule has 98 valence electrons. The minimum Gasteiger partial charge on any atom is -0.397 e. The first-order valence-corrected chi connectivity index (χ1v) is 6.15. The van der Waals surface area contributed by atoms with Gasteiger partial charge in [0.05, 0.1) is 27.1 Å². The smallest absolute Gasteiger partial charge is 0.248 e. The van der Waals surface area contributed by atoms with E-state index in [0.717, 1.165) is 0 Å². The Kier molecular flexibility index (Phi) is 3.83. The number of nitrogens with two attached hydrogens (primary N) is 2. The predicted molar refractivity (Wildman–Crippen MR) is 79.1 cm³/mol. The maximum absolute atomic E-state index is 11.1. The summed E-state index contributed by atoms with van der Waals surface area (Å²) in [6.07, 6.45) is 0. The molecule has 2 aromatic rings. The number of carbonyl (C=O) groups excluding carboxylic acids is 1. The third-order valence-corrected chi connectivity index (χ3v) is 3.38. The minimum absolute atomic E-state index is 0.356. The zero-order valence-corrected chi connectivity index (χ0v) is 11.3. The van der Waals surface area contributed by atoms with Crippen LogP contribution in [-0.4, -0.2) is 5.91 Å². The summed E-state index contributed by atoms with van der Waals surface area (Å²) in [5, 5.41) is 3.84. The van der Waals surface area contributed by atoms with E-state index in [2.05, 4.69) is 5.32 Å². The molecule has 0 atom stereocenters. The Hall–Kier alpha value is -1.91. The van der Waals surface area contributed by atoms with E-state index in [1.165, 1.54) is 0 Å². The molecule has 0 saturated carbocycles. The highest BCUT2D eigenvalue weighted by atomic mass is 35.5. The molecule has 6 heteroatoms. The van der Waals surface area contributed by atoms with Crippen LogP contribution in [0.4, 0.5) is 17.1 Å². The molecule has 0 aromatic heterocycles. The molecule has 2 aromatic carbocycles. The molecule has 0 saturated heterocycles. The molecule has 0 aliphatic heterocycles. The standard InChI is InChI=1S/C13H11Cl2N3O/c14-8-2-1-3-10(12(8)15)18-11-6-7(13(17)19)4-5-9(11)16/h1-6,18H,16H2,(H2,17,19). The summed E-state index contributed by atoms with van der Waals surface area (Å²) in [6.45, 7) is 0. The number of benzene rings is 2. The molecule has 5 N–H and O–H groups in total. The van der Waals surface area contributed by atoms with Crippen molar-refractivity contribution in [2.24, 2.45) is 5.73 Å². The van der Waals surface area contributed by atoms with E-state index >= 15 is 0 Å². The largest absolute Gasteiger partial charge is 0.397 e. The second kappa shape index (κ2) is 5.38. The van der Waals surface area contributed by atoms with Crippen molar-refractivity contribution in [3.05, 3.63) is 52.0 Å². The molecule has 1 amide bonds. The highest BCUT2D eigenvalue weighted by Gasteiger charge is 2.08. The molecule has 0 aliphatic rings. The van der Waals surface area contributed by atoms with Crippen LogP contribution in [0.2, 0.25) is 10.0 Å². The van der Waals surface area contributed by atoms with Crippen LogP contribution in [0, 0.1) is 0 Å². The van der Waals surface area contributed by atoms with E-state index in [4.69, 9.17) is 34.7 Å². The van der Waals surface area contributed by atoms with Crippen molar-refractivity contribution in [2.75, 3.05) is 11.1 Å². The first-order valence-electron chi connectivity index (χ1n) is 5.39. The van der Waals surface area contributed by atoms with Crippen molar-refractivity contribution in [3.8, 4) is 0 Å². The first kappa shape index (κ1) is 13.5. The van der Waals surface area contributed by atoms with Gasteiger partial charge in [0, 0.05) is 5.56 Å². The second-order valence-electron chi connectivity index (χ2n) is 3.89. The SMILES string of the molecule is NC(=O)c1ccc(N)c(Nc2cccc(Cl)c2Cl)c1. The fourth-order valence-electron chi connectivity index (χ4n) is 1.56. The van der Waals surface area contributed by atoms with Gasteiger partial charge in [0.1, 0.15) is 0 Å². The molecule has 0 aliphatic carbocycles. The van der Waals surface area contributed by atoms with Gasteiger partial charge in [-0.1, -0.05) is 29.3 Å². The van der Waals surface area contributed by atoms with Crippen LogP contribution in [-0.2, 0) is 0 Å². The highest BCUT2D eigenvalue weighted by Crippen LogP contribution is 2.33. The number of primary amides is 1. The van der Waals surface area contributed by atoms with Gasteiger partial charge in [0.25, 0.3) is 0 Å². The summed E-state index contributed by atoms with van der Waals surface area (Å²) >= 11 is 12.0. The van der Waals surface area contributed by atoms with Crippen LogP contribution in [0.15, 0.2) is 36.4 Å². The minimum atomic E-state index is -0.528. The number of anilines is 3. The van der Waals surface area contributed by atoms with E-state index in [1.54, 1.807) is 36.4 Å². The van der Waals surface area contributed by atoms with Crippen LogP contribution >= 0.6 is 23.2 Å². The Balaban J connectivity index is 2.40. The quantitative estimate of drug-likeness (QED) is 0.759. The molecule has 19 heavy (non-hydrogen) atoms. The molecule has 0 spiro atoms. The summed E-state index contributed by atoms with van der Waals surface area (Å²) in [5.74, 6) is -0.528. The lowest BCUT2D eigenvalue weighted by Gasteiger charge is -2.12. The van der Waals surface area contributed by atoms with Crippen molar-refractivity contribution in [2.45, 2.75) is 0 Å². The number of hydrogen-bond acceptors (Lipinski definition) is 3. The van der Waals surface area contributed by atoms with Crippen LogP contribution in [0.25, 0.3) is 0 Å². The molecular weight excluding hydrogens is 285 g/mol. The van der Waals surface area contributed by atoms with Gasteiger partial charge < -0.3 is 16.8 Å². The van der Waals surface area contributed by atoms with E-state index in [0.29, 0.717) is 32.7 Å². The second-order valence-corrected chi connectivity index (χ2v) is 4.68. The van der Waals surface area contributed by atoms with Gasteiger partial charge in [0.2, 0.25) is 5.91 Å².